The Morgan fingerprint density at radius 3 is 2.61 bits per heavy atom. The molecular formula is C24H26N6O3. The number of fused-ring (bicyclic) bond motifs is 1. The van der Waals surface area contributed by atoms with Crippen molar-refractivity contribution in [1.82, 2.24) is 19.1 Å². The molecule has 170 valence electrons. The fourth-order valence-corrected chi connectivity index (χ4v) is 3.60. The number of nitrogens with one attached hydrogen (secondary N) is 2. The van der Waals surface area contributed by atoms with Gasteiger partial charge in [0.05, 0.1) is 12.8 Å². The molecule has 0 bridgehead atoms. The Hall–Kier alpha value is -4.14. The van der Waals surface area contributed by atoms with Crippen LogP contribution < -0.4 is 21.4 Å². The van der Waals surface area contributed by atoms with Gasteiger partial charge in [0, 0.05) is 13.6 Å². The van der Waals surface area contributed by atoms with Gasteiger partial charge < -0.3 is 9.30 Å². The summed E-state index contributed by atoms with van der Waals surface area (Å²) < 4.78 is 8.55. The number of aryl methyl sites for hydroxylation is 3. The van der Waals surface area contributed by atoms with E-state index in [4.69, 9.17) is 4.74 Å². The van der Waals surface area contributed by atoms with Crippen LogP contribution in [0.2, 0.25) is 0 Å². The van der Waals surface area contributed by atoms with E-state index in [0.29, 0.717) is 30.3 Å². The minimum Gasteiger partial charge on any atom is -0.494 e. The molecule has 2 aromatic heterocycles. The summed E-state index contributed by atoms with van der Waals surface area (Å²) in [6.45, 7) is 3.08. The van der Waals surface area contributed by atoms with Crippen molar-refractivity contribution in [2.24, 2.45) is 12.1 Å². The monoisotopic (exact) mass is 446 g/mol. The second-order valence-corrected chi connectivity index (χ2v) is 7.54. The lowest BCUT2D eigenvalue weighted by Crippen LogP contribution is -2.29. The molecule has 0 saturated heterocycles. The van der Waals surface area contributed by atoms with Crippen molar-refractivity contribution in [2.75, 3.05) is 12.0 Å². The molecule has 4 aromatic rings. The maximum absolute atomic E-state index is 12.6. The number of imidazole rings is 1. The Balaban J connectivity index is 1.59. The van der Waals surface area contributed by atoms with E-state index in [1.165, 1.54) is 10.1 Å². The van der Waals surface area contributed by atoms with Gasteiger partial charge in [-0.05, 0) is 55.2 Å². The SMILES string of the molecule is CCOc1ccc(/C=N/Nc2nc3c(c(=O)[nH]c(=O)n3C)n2CCCc2ccccc2)cc1. The second kappa shape index (κ2) is 9.99. The standard InChI is InChI=1S/C24H26N6O3/c1-3-33-19-13-11-18(12-14-19)16-25-28-23-26-21-20(22(31)27-24(32)29(21)2)30(23)15-7-10-17-8-5-4-6-9-17/h4-6,8-9,11-14,16H,3,7,10,15H2,1-2H3,(H,26,28)(H,27,31,32)/b25-16+. The topological polar surface area (TPSA) is 106 Å². The number of nitrogens with zero attached hydrogens (tertiary/aromatic N) is 4. The summed E-state index contributed by atoms with van der Waals surface area (Å²) in [6, 6.07) is 17.7. The molecule has 9 nitrogen and oxygen atoms in total. The Morgan fingerprint density at radius 1 is 1.12 bits per heavy atom. The molecule has 0 saturated carbocycles. The summed E-state index contributed by atoms with van der Waals surface area (Å²) >= 11 is 0. The Labute approximate surface area is 190 Å². The number of hydrogen-bond acceptors (Lipinski definition) is 6. The van der Waals surface area contributed by atoms with E-state index < -0.39 is 11.2 Å². The molecule has 0 aliphatic rings. The molecule has 2 aromatic carbocycles. The molecule has 9 heteroatoms. The molecule has 0 aliphatic heterocycles. The van der Waals surface area contributed by atoms with Crippen LogP contribution in [-0.2, 0) is 20.0 Å². The van der Waals surface area contributed by atoms with Gasteiger partial charge in [-0.15, -0.1) is 0 Å². The predicted molar refractivity (Wildman–Crippen MR) is 129 cm³/mol. The smallest absolute Gasteiger partial charge is 0.329 e. The first kappa shape index (κ1) is 22.1. The third-order valence-electron chi connectivity index (χ3n) is 5.27. The number of hydrogen-bond donors (Lipinski definition) is 2. The number of rotatable bonds is 9. The lowest BCUT2D eigenvalue weighted by Gasteiger charge is -2.08. The molecule has 2 N–H and O–H groups in total. The summed E-state index contributed by atoms with van der Waals surface area (Å²) in [5, 5.41) is 4.29. The van der Waals surface area contributed by atoms with Gasteiger partial charge in [-0.2, -0.15) is 10.1 Å². The Kier molecular flexibility index (Phi) is 6.68. The van der Waals surface area contributed by atoms with E-state index in [2.05, 4.69) is 32.6 Å². The van der Waals surface area contributed by atoms with Crippen LogP contribution in [0.15, 0.2) is 69.3 Å². The van der Waals surface area contributed by atoms with Crippen molar-refractivity contribution in [1.29, 1.82) is 0 Å². The van der Waals surface area contributed by atoms with Crippen LogP contribution in [-0.4, -0.2) is 31.9 Å². The highest BCUT2D eigenvalue weighted by molar-refractivity contribution is 5.80. The molecular weight excluding hydrogens is 420 g/mol. The number of H-pyrrole nitrogens is 1. The molecule has 2 heterocycles. The van der Waals surface area contributed by atoms with E-state index in [9.17, 15) is 9.59 Å². The average molecular weight is 447 g/mol. The summed E-state index contributed by atoms with van der Waals surface area (Å²) in [5.41, 5.74) is 4.69. The van der Waals surface area contributed by atoms with Gasteiger partial charge in [0.1, 0.15) is 5.75 Å². The third kappa shape index (κ3) is 5.03. The van der Waals surface area contributed by atoms with Gasteiger partial charge in [0.15, 0.2) is 11.2 Å². The molecule has 0 spiro atoms. The predicted octanol–water partition coefficient (Wildman–Crippen LogP) is 2.90. The lowest BCUT2D eigenvalue weighted by molar-refractivity contribution is 0.340. The maximum atomic E-state index is 12.6. The van der Waals surface area contributed by atoms with Gasteiger partial charge in [-0.25, -0.2) is 10.2 Å². The van der Waals surface area contributed by atoms with E-state index in [1.807, 2.05) is 49.4 Å². The highest BCUT2D eigenvalue weighted by atomic mass is 16.5. The number of ether oxygens (including phenoxy) is 1. The minimum atomic E-state index is -0.508. The van der Waals surface area contributed by atoms with Crippen LogP contribution in [0, 0.1) is 0 Å². The van der Waals surface area contributed by atoms with E-state index in [0.717, 1.165) is 24.2 Å². The van der Waals surface area contributed by atoms with Gasteiger partial charge in [-0.3, -0.25) is 14.3 Å². The molecule has 0 atom stereocenters. The zero-order chi connectivity index (χ0) is 23.2. The average Bonchev–Trinajstić information content (AvgIpc) is 3.19. The molecule has 0 aliphatic carbocycles. The Bertz CT molecular complexity index is 1370. The summed E-state index contributed by atoms with van der Waals surface area (Å²) in [4.78, 5) is 31.5. The van der Waals surface area contributed by atoms with Crippen LogP contribution in [0.5, 0.6) is 5.75 Å². The number of hydrazone groups is 1. The normalized spacial score (nSPS) is 11.3. The molecule has 33 heavy (non-hydrogen) atoms. The zero-order valence-corrected chi connectivity index (χ0v) is 18.6. The Morgan fingerprint density at radius 2 is 1.88 bits per heavy atom. The van der Waals surface area contributed by atoms with Crippen LogP contribution in [0.25, 0.3) is 11.2 Å². The van der Waals surface area contributed by atoms with Gasteiger partial charge in [-0.1, -0.05) is 30.3 Å². The fraction of sp³-hybridized carbons (Fsp3) is 0.250. The number of benzene rings is 2. The minimum absolute atomic E-state index is 0.308. The highest BCUT2D eigenvalue weighted by Gasteiger charge is 2.17. The first-order valence-corrected chi connectivity index (χ1v) is 10.8. The number of aromatic nitrogens is 4. The van der Waals surface area contributed by atoms with Gasteiger partial charge in [0.2, 0.25) is 5.95 Å². The van der Waals surface area contributed by atoms with E-state index in [1.54, 1.807) is 17.8 Å². The van der Waals surface area contributed by atoms with Crippen molar-refractivity contribution in [3.05, 3.63) is 86.6 Å². The molecule has 0 radical (unpaired) electrons. The van der Waals surface area contributed by atoms with Crippen LogP contribution in [0.3, 0.4) is 0 Å². The summed E-state index contributed by atoms with van der Waals surface area (Å²) in [6.07, 6.45) is 3.29. The fourth-order valence-electron chi connectivity index (χ4n) is 3.60. The van der Waals surface area contributed by atoms with Crippen molar-refractivity contribution >= 4 is 23.3 Å². The lowest BCUT2D eigenvalue weighted by atomic mass is 10.1. The molecule has 4 rings (SSSR count). The maximum Gasteiger partial charge on any atom is 0.329 e. The number of aromatic amines is 1. The first-order chi connectivity index (χ1) is 16.1. The molecule has 0 unspecified atom stereocenters. The van der Waals surface area contributed by atoms with Crippen LogP contribution in [0.4, 0.5) is 5.95 Å². The largest absolute Gasteiger partial charge is 0.494 e. The van der Waals surface area contributed by atoms with Crippen molar-refractivity contribution < 1.29 is 4.74 Å². The molecule has 0 fully saturated rings. The second-order valence-electron chi connectivity index (χ2n) is 7.54. The van der Waals surface area contributed by atoms with Gasteiger partial charge >= 0.3 is 5.69 Å². The summed E-state index contributed by atoms with van der Waals surface area (Å²) in [5.74, 6) is 1.19. The van der Waals surface area contributed by atoms with Crippen molar-refractivity contribution in [3.8, 4) is 5.75 Å². The summed E-state index contributed by atoms with van der Waals surface area (Å²) in [7, 11) is 1.58. The van der Waals surface area contributed by atoms with E-state index in [-0.39, 0.29) is 0 Å². The highest BCUT2D eigenvalue weighted by Crippen LogP contribution is 2.17. The van der Waals surface area contributed by atoms with Crippen LogP contribution in [0.1, 0.15) is 24.5 Å². The van der Waals surface area contributed by atoms with E-state index >= 15 is 0 Å². The first-order valence-electron chi connectivity index (χ1n) is 10.8. The molecule has 0 amide bonds. The van der Waals surface area contributed by atoms with Crippen molar-refractivity contribution in [2.45, 2.75) is 26.3 Å². The van der Waals surface area contributed by atoms with Gasteiger partial charge in [0.25, 0.3) is 5.56 Å². The quantitative estimate of drug-likeness (QED) is 0.304. The third-order valence-corrected chi connectivity index (χ3v) is 5.27. The number of anilines is 1. The van der Waals surface area contributed by atoms with Crippen molar-refractivity contribution in [3.63, 3.8) is 0 Å². The van der Waals surface area contributed by atoms with Crippen LogP contribution >= 0.6 is 0 Å². The zero-order valence-electron chi connectivity index (χ0n) is 18.6.